The first-order valence-corrected chi connectivity index (χ1v) is 4.44. The summed E-state index contributed by atoms with van der Waals surface area (Å²) >= 11 is 0. The summed E-state index contributed by atoms with van der Waals surface area (Å²) in [5.74, 6) is 0.413. The van der Waals surface area contributed by atoms with E-state index in [-0.39, 0.29) is 6.10 Å². The highest BCUT2D eigenvalue weighted by Gasteiger charge is 2.32. The minimum absolute atomic E-state index is 0.101. The summed E-state index contributed by atoms with van der Waals surface area (Å²) in [7, 11) is 2.14. The summed E-state index contributed by atoms with van der Waals surface area (Å²) in [5, 5.41) is 9.61. The Kier molecular flexibility index (Phi) is 2.55. The van der Waals surface area contributed by atoms with Gasteiger partial charge in [0.25, 0.3) is 0 Å². The van der Waals surface area contributed by atoms with Crippen LogP contribution < -0.4 is 0 Å². The second-order valence-electron chi connectivity index (χ2n) is 3.92. The van der Waals surface area contributed by atoms with Crippen LogP contribution >= 0.6 is 0 Å². The Morgan fingerprint density at radius 2 is 1.82 bits per heavy atom. The number of hydrogen-bond acceptors (Lipinski definition) is 2. The van der Waals surface area contributed by atoms with Gasteiger partial charge in [-0.15, -0.1) is 0 Å². The molecule has 0 aromatic rings. The first-order chi connectivity index (χ1) is 5.04. The number of aliphatic hydroxyl groups excluding tert-OH is 1. The quantitative estimate of drug-likeness (QED) is 0.569. The number of rotatable bonds is 0. The van der Waals surface area contributed by atoms with Gasteiger partial charge in [-0.05, 0) is 33.2 Å². The van der Waals surface area contributed by atoms with Gasteiger partial charge in [0.15, 0.2) is 0 Å². The van der Waals surface area contributed by atoms with Crippen LogP contribution in [-0.4, -0.2) is 35.2 Å². The average molecular weight is 157 g/mol. The van der Waals surface area contributed by atoms with Crippen LogP contribution in [0.4, 0.5) is 0 Å². The van der Waals surface area contributed by atoms with Crippen molar-refractivity contribution in [1.29, 1.82) is 0 Å². The molecule has 1 N–H and O–H groups in total. The van der Waals surface area contributed by atoms with E-state index in [4.69, 9.17) is 0 Å². The molecule has 0 aromatic heterocycles. The van der Waals surface area contributed by atoms with Gasteiger partial charge in [0, 0.05) is 12.1 Å². The molecule has 0 bridgehead atoms. The topological polar surface area (TPSA) is 23.5 Å². The van der Waals surface area contributed by atoms with Crippen LogP contribution in [0, 0.1) is 5.92 Å². The summed E-state index contributed by atoms with van der Waals surface area (Å²) in [6, 6.07) is 1.03. The van der Waals surface area contributed by atoms with Crippen LogP contribution in [0.2, 0.25) is 0 Å². The highest BCUT2D eigenvalue weighted by molar-refractivity contribution is 4.86. The number of aliphatic hydroxyl groups is 1. The summed E-state index contributed by atoms with van der Waals surface area (Å²) in [5.41, 5.74) is 0. The Hall–Kier alpha value is -0.0800. The molecular formula is C9H19NO. The van der Waals surface area contributed by atoms with Gasteiger partial charge in [0.1, 0.15) is 0 Å². The third-order valence-corrected chi connectivity index (χ3v) is 3.29. The van der Waals surface area contributed by atoms with Crippen LogP contribution in [0.5, 0.6) is 0 Å². The zero-order valence-corrected chi connectivity index (χ0v) is 7.91. The molecule has 1 rings (SSSR count). The van der Waals surface area contributed by atoms with Crippen molar-refractivity contribution >= 4 is 0 Å². The second kappa shape index (κ2) is 3.11. The molecule has 1 fully saturated rings. The molecule has 1 heterocycles. The van der Waals surface area contributed by atoms with Crippen molar-refractivity contribution in [3.8, 4) is 0 Å². The van der Waals surface area contributed by atoms with Crippen molar-refractivity contribution in [2.75, 3.05) is 7.05 Å². The molecule has 0 aliphatic carbocycles. The van der Waals surface area contributed by atoms with Crippen molar-refractivity contribution in [3.05, 3.63) is 0 Å². The lowest BCUT2D eigenvalue weighted by molar-refractivity contribution is -0.0181. The minimum Gasteiger partial charge on any atom is -0.393 e. The van der Waals surface area contributed by atoms with Crippen molar-refractivity contribution in [2.24, 2.45) is 5.92 Å². The van der Waals surface area contributed by atoms with Gasteiger partial charge in [-0.25, -0.2) is 0 Å². The van der Waals surface area contributed by atoms with E-state index in [1.54, 1.807) is 0 Å². The Labute approximate surface area is 69.2 Å². The van der Waals surface area contributed by atoms with Gasteiger partial charge in [0.05, 0.1) is 6.10 Å². The summed E-state index contributed by atoms with van der Waals surface area (Å²) in [6.07, 6.45) is 0.818. The maximum atomic E-state index is 9.61. The molecule has 4 atom stereocenters. The lowest BCUT2D eigenvalue weighted by Crippen LogP contribution is -2.51. The van der Waals surface area contributed by atoms with E-state index in [0.29, 0.717) is 18.0 Å². The predicted molar refractivity (Wildman–Crippen MR) is 46.5 cm³/mol. The van der Waals surface area contributed by atoms with E-state index >= 15 is 0 Å². The molecule has 66 valence electrons. The lowest BCUT2D eigenvalue weighted by atomic mass is 9.86. The van der Waals surface area contributed by atoms with Crippen LogP contribution in [0.15, 0.2) is 0 Å². The molecule has 0 aromatic carbocycles. The van der Waals surface area contributed by atoms with E-state index < -0.39 is 0 Å². The predicted octanol–water partition coefficient (Wildman–Crippen LogP) is 1.10. The first-order valence-electron chi connectivity index (χ1n) is 4.44. The molecule has 0 amide bonds. The summed E-state index contributed by atoms with van der Waals surface area (Å²) < 4.78 is 0. The standard InChI is InChI=1S/C9H19NO/c1-6-5-9(11)7(2)8(3)10(6)4/h6-9,11H,5H2,1-4H3. The smallest absolute Gasteiger partial charge is 0.0595 e. The molecule has 0 radical (unpaired) electrons. The Morgan fingerprint density at radius 3 is 2.36 bits per heavy atom. The fourth-order valence-electron chi connectivity index (χ4n) is 1.82. The summed E-state index contributed by atoms with van der Waals surface area (Å²) in [4.78, 5) is 2.34. The maximum absolute atomic E-state index is 9.61. The SMILES string of the molecule is CC1C(O)CC(C)N(C)C1C. The highest BCUT2D eigenvalue weighted by atomic mass is 16.3. The van der Waals surface area contributed by atoms with Gasteiger partial charge < -0.3 is 10.0 Å². The van der Waals surface area contributed by atoms with Gasteiger partial charge in [-0.3, -0.25) is 0 Å². The molecule has 1 saturated heterocycles. The third kappa shape index (κ3) is 1.57. The molecule has 0 spiro atoms. The van der Waals surface area contributed by atoms with Crippen LogP contribution in [0.25, 0.3) is 0 Å². The molecule has 4 unspecified atom stereocenters. The third-order valence-electron chi connectivity index (χ3n) is 3.29. The fraction of sp³-hybridized carbons (Fsp3) is 1.00. The van der Waals surface area contributed by atoms with Gasteiger partial charge in [0.2, 0.25) is 0 Å². The van der Waals surface area contributed by atoms with Crippen LogP contribution in [0.1, 0.15) is 27.2 Å². The Bertz CT molecular complexity index is 124. The monoisotopic (exact) mass is 157 g/mol. The van der Waals surface area contributed by atoms with Crippen molar-refractivity contribution < 1.29 is 5.11 Å². The van der Waals surface area contributed by atoms with E-state index in [2.05, 4.69) is 32.7 Å². The number of likely N-dealkylation sites (tertiary alicyclic amines) is 1. The van der Waals surface area contributed by atoms with Crippen molar-refractivity contribution in [1.82, 2.24) is 4.90 Å². The number of hydrogen-bond donors (Lipinski definition) is 1. The van der Waals surface area contributed by atoms with Crippen LogP contribution in [-0.2, 0) is 0 Å². The zero-order valence-electron chi connectivity index (χ0n) is 7.91. The molecule has 1 aliphatic rings. The van der Waals surface area contributed by atoms with E-state index in [0.717, 1.165) is 6.42 Å². The van der Waals surface area contributed by atoms with Crippen LogP contribution in [0.3, 0.4) is 0 Å². The van der Waals surface area contributed by atoms with Crippen molar-refractivity contribution in [3.63, 3.8) is 0 Å². The van der Waals surface area contributed by atoms with E-state index in [1.165, 1.54) is 0 Å². The second-order valence-corrected chi connectivity index (χ2v) is 3.92. The largest absolute Gasteiger partial charge is 0.393 e. The Morgan fingerprint density at radius 1 is 1.27 bits per heavy atom. The van der Waals surface area contributed by atoms with Crippen molar-refractivity contribution in [2.45, 2.75) is 45.4 Å². The maximum Gasteiger partial charge on any atom is 0.0595 e. The number of piperidine rings is 1. The highest BCUT2D eigenvalue weighted by Crippen LogP contribution is 2.26. The van der Waals surface area contributed by atoms with E-state index in [9.17, 15) is 5.11 Å². The molecule has 1 aliphatic heterocycles. The van der Waals surface area contributed by atoms with E-state index in [1.807, 2.05) is 0 Å². The first kappa shape index (κ1) is 9.01. The lowest BCUT2D eigenvalue weighted by Gasteiger charge is -2.42. The average Bonchev–Trinajstić information content (AvgIpc) is 1.97. The molecule has 2 nitrogen and oxygen atoms in total. The number of nitrogens with zero attached hydrogens (tertiary/aromatic N) is 1. The normalized spacial score (nSPS) is 47.7. The summed E-state index contributed by atoms with van der Waals surface area (Å²) in [6.45, 7) is 6.48. The minimum atomic E-state index is -0.101. The Balaban J connectivity index is 2.63. The molecule has 2 heteroatoms. The van der Waals surface area contributed by atoms with Gasteiger partial charge in [-0.2, -0.15) is 0 Å². The van der Waals surface area contributed by atoms with Gasteiger partial charge >= 0.3 is 0 Å². The fourth-order valence-corrected chi connectivity index (χ4v) is 1.82. The zero-order chi connectivity index (χ0) is 8.59. The molecule has 0 saturated carbocycles. The molecule has 11 heavy (non-hydrogen) atoms. The van der Waals surface area contributed by atoms with Gasteiger partial charge in [-0.1, -0.05) is 6.92 Å². The molecular weight excluding hydrogens is 138 g/mol.